The Morgan fingerprint density at radius 1 is 1.15 bits per heavy atom. The van der Waals surface area contributed by atoms with Crippen LogP contribution in [0.4, 0.5) is 0 Å². The zero-order valence-corrected chi connectivity index (χ0v) is 18.9. The Kier molecular flexibility index (Phi) is 6.07. The van der Waals surface area contributed by atoms with Crippen molar-refractivity contribution in [2.45, 2.75) is 89.4 Å². The smallest absolute Gasteiger partial charge is 0.264 e. The molecule has 1 saturated heterocycles. The highest BCUT2D eigenvalue weighted by atomic mass is 32.2. The molecule has 2 aliphatic rings. The SMILES string of the molecule is CC1(C)O[C@@H]2[C@@H](O)[C@H](OS(C)(=O)=O)[C@H](CCO[Si](C)(C)C(C)(C)C)[C@@H]2O1. The molecule has 1 N–H and O–H groups in total. The van der Waals surface area contributed by atoms with E-state index in [0.29, 0.717) is 13.0 Å². The molecule has 0 aromatic carbocycles. The van der Waals surface area contributed by atoms with Gasteiger partial charge in [0.2, 0.25) is 0 Å². The van der Waals surface area contributed by atoms with Gasteiger partial charge in [0.15, 0.2) is 14.1 Å². The molecule has 0 radical (unpaired) electrons. The molecule has 2 fully saturated rings. The summed E-state index contributed by atoms with van der Waals surface area (Å²) in [5.74, 6) is -1.14. The van der Waals surface area contributed by atoms with Crippen LogP contribution in [0.2, 0.25) is 18.1 Å². The third kappa shape index (κ3) is 4.87. The third-order valence-corrected chi connectivity index (χ3v) is 10.8. The fourth-order valence-electron chi connectivity index (χ4n) is 3.36. The first-order valence-corrected chi connectivity index (χ1v) is 13.8. The summed E-state index contributed by atoms with van der Waals surface area (Å²) in [7, 11) is -5.63. The van der Waals surface area contributed by atoms with Gasteiger partial charge in [0.05, 0.1) is 12.4 Å². The summed E-state index contributed by atoms with van der Waals surface area (Å²) in [5.41, 5.74) is 0. The maximum absolute atomic E-state index is 11.7. The van der Waals surface area contributed by atoms with Crippen LogP contribution >= 0.6 is 0 Å². The Balaban J connectivity index is 2.13. The molecule has 26 heavy (non-hydrogen) atoms. The van der Waals surface area contributed by atoms with Crippen molar-refractivity contribution in [3.63, 3.8) is 0 Å². The highest BCUT2D eigenvalue weighted by molar-refractivity contribution is 7.86. The van der Waals surface area contributed by atoms with E-state index in [4.69, 9.17) is 18.1 Å². The first kappa shape index (κ1) is 22.3. The molecule has 154 valence electrons. The molecule has 1 aliphatic carbocycles. The molecule has 0 unspecified atom stereocenters. The first-order valence-electron chi connectivity index (χ1n) is 9.10. The van der Waals surface area contributed by atoms with E-state index in [1.54, 1.807) is 13.8 Å². The molecule has 0 aromatic rings. The fourth-order valence-corrected chi connectivity index (χ4v) is 5.09. The second-order valence-corrected chi connectivity index (χ2v) is 15.8. The number of hydrogen-bond donors (Lipinski definition) is 1. The molecule has 0 aromatic heterocycles. The van der Waals surface area contributed by atoms with E-state index in [-0.39, 0.29) is 11.0 Å². The van der Waals surface area contributed by atoms with Crippen LogP contribution < -0.4 is 0 Å². The van der Waals surface area contributed by atoms with Crippen molar-refractivity contribution in [1.82, 2.24) is 0 Å². The Morgan fingerprint density at radius 3 is 2.19 bits per heavy atom. The van der Waals surface area contributed by atoms with Crippen LogP contribution in [0.1, 0.15) is 41.0 Å². The van der Waals surface area contributed by atoms with E-state index >= 15 is 0 Å². The predicted octanol–water partition coefficient (Wildman–Crippen LogP) is 2.25. The van der Waals surface area contributed by atoms with Crippen molar-refractivity contribution in [2.24, 2.45) is 5.92 Å². The van der Waals surface area contributed by atoms with E-state index in [0.717, 1.165) is 6.26 Å². The molecule has 5 atom stereocenters. The predicted molar refractivity (Wildman–Crippen MR) is 101 cm³/mol. The summed E-state index contributed by atoms with van der Waals surface area (Å²) in [6.07, 6.45) is -1.45. The lowest BCUT2D eigenvalue weighted by atomic mass is 9.99. The molecule has 1 heterocycles. The minimum absolute atomic E-state index is 0.0857. The monoisotopic (exact) mass is 410 g/mol. The van der Waals surface area contributed by atoms with Gasteiger partial charge in [-0.2, -0.15) is 8.42 Å². The van der Waals surface area contributed by atoms with Gasteiger partial charge in [-0.25, -0.2) is 0 Å². The molecular weight excluding hydrogens is 376 g/mol. The van der Waals surface area contributed by atoms with Crippen LogP contribution in [-0.4, -0.2) is 64.9 Å². The van der Waals surface area contributed by atoms with Gasteiger partial charge in [-0.1, -0.05) is 20.8 Å². The number of rotatable bonds is 6. The van der Waals surface area contributed by atoms with E-state index in [1.165, 1.54) is 0 Å². The summed E-state index contributed by atoms with van der Waals surface area (Å²) < 4.78 is 46.5. The molecule has 0 spiro atoms. The van der Waals surface area contributed by atoms with Gasteiger partial charge in [-0.05, 0) is 38.4 Å². The molecule has 7 nitrogen and oxygen atoms in total. The Morgan fingerprint density at radius 2 is 1.69 bits per heavy atom. The second kappa shape index (κ2) is 7.09. The number of aliphatic hydroxyl groups is 1. The van der Waals surface area contributed by atoms with Crippen molar-refractivity contribution >= 4 is 18.4 Å². The zero-order chi connectivity index (χ0) is 20.1. The summed E-state index contributed by atoms with van der Waals surface area (Å²) in [5, 5.41) is 10.7. The van der Waals surface area contributed by atoms with Crippen LogP contribution in [0.3, 0.4) is 0 Å². The van der Waals surface area contributed by atoms with E-state index < -0.39 is 48.6 Å². The highest BCUT2D eigenvalue weighted by Crippen LogP contribution is 2.45. The molecule has 2 rings (SSSR count). The summed E-state index contributed by atoms with van der Waals surface area (Å²) >= 11 is 0. The Bertz CT molecular complexity index is 611. The van der Waals surface area contributed by atoms with E-state index in [9.17, 15) is 13.5 Å². The number of aliphatic hydroxyl groups excluding tert-OH is 1. The van der Waals surface area contributed by atoms with Crippen molar-refractivity contribution in [2.75, 3.05) is 12.9 Å². The quantitative estimate of drug-likeness (QED) is 0.530. The lowest BCUT2D eigenvalue weighted by Gasteiger charge is -2.37. The van der Waals surface area contributed by atoms with E-state index in [1.807, 2.05) is 0 Å². The molecular formula is C17H34O7SSi. The van der Waals surface area contributed by atoms with E-state index in [2.05, 4.69) is 33.9 Å². The van der Waals surface area contributed by atoms with Gasteiger partial charge in [0, 0.05) is 12.5 Å². The number of fused-ring (bicyclic) bond motifs is 1. The summed E-state index contributed by atoms with van der Waals surface area (Å²) in [4.78, 5) is 0. The average molecular weight is 411 g/mol. The van der Waals surface area contributed by atoms with Gasteiger partial charge < -0.3 is 19.0 Å². The fraction of sp³-hybridized carbons (Fsp3) is 1.00. The summed E-state index contributed by atoms with van der Waals surface area (Å²) in [6.45, 7) is 14.9. The largest absolute Gasteiger partial charge is 0.417 e. The highest BCUT2D eigenvalue weighted by Gasteiger charge is 2.59. The average Bonchev–Trinajstić information content (AvgIpc) is 2.83. The lowest BCUT2D eigenvalue weighted by molar-refractivity contribution is -0.178. The first-order chi connectivity index (χ1) is 11.5. The van der Waals surface area contributed by atoms with Gasteiger partial charge >= 0.3 is 0 Å². The number of ether oxygens (including phenoxy) is 2. The topological polar surface area (TPSA) is 91.3 Å². The molecule has 9 heteroatoms. The normalized spacial score (nSPS) is 34.9. The third-order valence-electron chi connectivity index (χ3n) is 5.69. The second-order valence-electron chi connectivity index (χ2n) is 9.38. The molecule has 0 amide bonds. The van der Waals surface area contributed by atoms with Crippen molar-refractivity contribution in [3.05, 3.63) is 0 Å². The minimum atomic E-state index is -3.71. The molecule has 0 bridgehead atoms. The van der Waals surface area contributed by atoms with Gasteiger partial charge in [0.1, 0.15) is 18.3 Å². The van der Waals surface area contributed by atoms with Gasteiger partial charge in [0.25, 0.3) is 10.1 Å². The van der Waals surface area contributed by atoms with Crippen LogP contribution in [0.15, 0.2) is 0 Å². The van der Waals surface area contributed by atoms with Crippen LogP contribution in [-0.2, 0) is 28.2 Å². The van der Waals surface area contributed by atoms with Crippen LogP contribution in [0, 0.1) is 5.92 Å². The lowest BCUT2D eigenvalue weighted by Crippen LogP contribution is -2.42. The number of hydrogen-bond acceptors (Lipinski definition) is 7. The standard InChI is InChI=1S/C17H34O7SSi/c1-16(2,3)26(7,8)21-10-9-11-13(24-25(6,19)20)12(18)15-14(11)22-17(4,5)23-15/h11-15,18H,9-10H2,1-8H3/t11-,12-,13+,14-,15+/m0/s1. The van der Waals surface area contributed by atoms with Crippen molar-refractivity contribution in [3.8, 4) is 0 Å². The minimum Gasteiger partial charge on any atom is -0.417 e. The van der Waals surface area contributed by atoms with Crippen LogP contribution in [0.5, 0.6) is 0 Å². The maximum Gasteiger partial charge on any atom is 0.264 e. The van der Waals surface area contributed by atoms with Crippen molar-refractivity contribution < 1.29 is 31.6 Å². The van der Waals surface area contributed by atoms with Crippen LogP contribution in [0.25, 0.3) is 0 Å². The van der Waals surface area contributed by atoms with Gasteiger partial charge in [-0.15, -0.1) is 0 Å². The molecule has 1 aliphatic heterocycles. The zero-order valence-electron chi connectivity index (χ0n) is 17.1. The summed E-state index contributed by atoms with van der Waals surface area (Å²) in [6, 6.07) is 0. The Hall–Kier alpha value is -0.0331. The maximum atomic E-state index is 11.7. The Labute approximate surface area is 158 Å². The molecule has 1 saturated carbocycles. The van der Waals surface area contributed by atoms with Gasteiger partial charge in [-0.3, -0.25) is 4.18 Å². The van der Waals surface area contributed by atoms with Crippen molar-refractivity contribution in [1.29, 1.82) is 0 Å².